The van der Waals surface area contributed by atoms with Gasteiger partial charge in [0.2, 0.25) is 0 Å². The maximum absolute atomic E-state index is 12.6. The summed E-state index contributed by atoms with van der Waals surface area (Å²) in [4.78, 5) is 25.1. The molecule has 0 heterocycles. The highest BCUT2D eigenvalue weighted by Crippen LogP contribution is 2.15. The first-order valence-corrected chi connectivity index (χ1v) is 23.9. The van der Waals surface area contributed by atoms with Gasteiger partial charge in [0.1, 0.15) is 6.61 Å². The predicted octanol–water partition coefficient (Wildman–Crippen LogP) is 15.7. The van der Waals surface area contributed by atoms with Gasteiger partial charge in [0, 0.05) is 19.4 Å². The van der Waals surface area contributed by atoms with Gasteiger partial charge in [0.25, 0.3) is 0 Å². The molecule has 0 aromatic rings. The van der Waals surface area contributed by atoms with E-state index < -0.39 is 6.10 Å². The minimum Gasteiger partial charge on any atom is -0.462 e. The summed E-state index contributed by atoms with van der Waals surface area (Å²) in [6, 6.07) is 0. The molecule has 0 saturated carbocycles. The highest BCUT2D eigenvalue weighted by atomic mass is 16.6. The summed E-state index contributed by atoms with van der Waals surface area (Å²) in [6.45, 7) is 7.79. The first-order valence-electron chi connectivity index (χ1n) is 23.9. The second-order valence-electron chi connectivity index (χ2n) is 16.0. The minimum atomic E-state index is -0.526. The fourth-order valence-electron chi connectivity index (χ4n) is 6.89. The summed E-state index contributed by atoms with van der Waals surface area (Å²) >= 11 is 0. The van der Waals surface area contributed by atoms with Gasteiger partial charge in [-0.2, -0.15) is 0 Å². The number of hydrogen-bond acceptors (Lipinski definition) is 5. The van der Waals surface area contributed by atoms with E-state index in [-0.39, 0.29) is 18.5 Å². The number of unbranched alkanes of at least 4 members (excludes halogenated alkanes) is 29. The van der Waals surface area contributed by atoms with E-state index >= 15 is 0 Å². The van der Waals surface area contributed by atoms with Crippen molar-refractivity contribution in [2.75, 3.05) is 19.8 Å². The lowest BCUT2D eigenvalue weighted by atomic mass is 10.1. The molecule has 0 bridgehead atoms. The molecule has 0 N–H and O–H groups in total. The van der Waals surface area contributed by atoms with Crippen LogP contribution in [0, 0.1) is 0 Å². The Balaban J connectivity index is 4.06. The Morgan fingerprint density at radius 2 is 0.778 bits per heavy atom. The van der Waals surface area contributed by atoms with Crippen molar-refractivity contribution in [1.82, 2.24) is 0 Å². The van der Waals surface area contributed by atoms with Crippen LogP contribution >= 0.6 is 0 Å². The third-order valence-corrected chi connectivity index (χ3v) is 10.5. The van der Waals surface area contributed by atoms with Crippen LogP contribution in [0.1, 0.15) is 252 Å². The fraction of sp³-hybridized carbons (Fsp3) is 0.878. The van der Waals surface area contributed by atoms with E-state index in [0.29, 0.717) is 26.1 Å². The molecular formula is C49H92O5. The van der Waals surface area contributed by atoms with Crippen LogP contribution in [0.2, 0.25) is 0 Å². The fourth-order valence-corrected chi connectivity index (χ4v) is 6.89. The lowest BCUT2D eigenvalue weighted by Gasteiger charge is -2.18. The highest BCUT2D eigenvalue weighted by molar-refractivity contribution is 5.70. The van der Waals surface area contributed by atoms with Crippen molar-refractivity contribution in [3.05, 3.63) is 24.3 Å². The molecule has 5 heteroatoms. The van der Waals surface area contributed by atoms with Crippen LogP contribution < -0.4 is 0 Å². The quantitative estimate of drug-likeness (QED) is 0.0352. The third kappa shape index (κ3) is 43.1. The zero-order valence-electron chi connectivity index (χ0n) is 36.5. The molecule has 0 aliphatic carbocycles. The van der Waals surface area contributed by atoms with Gasteiger partial charge in [-0.15, -0.1) is 0 Å². The number of carbonyl (C=O) groups excluding carboxylic acids is 2. The van der Waals surface area contributed by atoms with E-state index in [9.17, 15) is 9.59 Å². The van der Waals surface area contributed by atoms with Gasteiger partial charge in [0.15, 0.2) is 6.10 Å². The van der Waals surface area contributed by atoms with Gasteiger partial charge in [-0.05, 0) is 51.4 Å². The third-order valence-electron chi connectivity index (χ3n) is 10.5. The summed E-state index contributed by atoms with van der Waals surface area (Å²) in [5.41, 5.74) is 0. The lowest BCUT2D eigenvalue weighted by molar-refractivity contribution is -0.163. The van der Waals surface area contributed by atoms with Crippen molar-refractivity contribution in [1.29, 1.82) is 0 Å². The van der Waals surface area contributed by atoms with Gasteiger partial charge < -0.3 is 14.2 Å². The van der Waals surface area contributed by atoms with E-state index in [1.54, 1.807) is 0 Å². The van der Waals surface area contributed by atoms with Crippen molar-refractivity contribution < 1.29 is 23.8 Å². The molecule has 0 fully saturated rings. The molecule has 0 saturated heterocycles. The monoisotopic (exact) mass is 761 g/mol. The van der Waals surface area contributed by atoms with Crippen LogP contribution in [0.5, 0.6) is 0 Å². The van der Waals surface area contributed by atoms with Crippen LogP contribution in [-0.4, -0.2) is 37.9 Å². The summed E-state index contributed by atoms with van der Waals surface area (Å²) in [5, 5.41) is 0. The number of ether oxygens (including phenoxy) is 3. The van der Waals surface area contributed by atoms with Crippen LogP contribution in [0.15, 0.2) is 24.3 Å². The molecule has 5 nitrogen and oxygen atoms in total. The van der Waals surface area contributed by atoms with E-state index in [1.165, 1.54) is 173 Å². The highest BCUT2D eigenvalue weighted by Gasteiger charge is 2.17. The Morgan fingerprint density at radius 1 is 0.407 bits per heavy atom. The first kappa shape index (κ1) is 52.4. The van der Waals surface area contributed by atoms with Crippen molar-refractivity contribution in [2.24, 2.45) is 0 Å². The smallest absolute Gasteiger partial charge is 0.306 e. The average molecular weight is 761 g/mol. The second kappa shape index (κ2) is 45.8. The van der Waals surface area contributed by atoms with E-state index in [1.807, 2.05) is 0 Å². The van der Waals surface area contributed by atoms with Gasteiger partial charge >= 0.3 is 11.9 Å². The van der Waals surface area contributed by atoms with E-state index in [4.69, 9.17) is 14.2 Å². The van der Waals surface area contributed by atoms with Crippen LogP contribution in [0.4, 0.5) is 0 Å². The summed E-state index contributed by atoms with van der Waals surface area (Å²) < 4.78 is 17.3. The summed E-state index contributed by atoms with van der Waals surface area (Å²) in [7, 11) is 0. The van der Waals surface area contributed by atoms with Crippen molar-refractivity contribution >= 4 is 11.9 Å². The normalized spacial score (nSPS) is 12.3. The maximum Gasteiger partial charge on any atom is 0.306 e. The molecule has 0 amide bonds. The molecule has 0 aromatic carbocycles. The number of rotatable bonds is 44. The Bertz CT molecular complexity index is 821. The Morgan fingerprint density at radius 3 is 1.26 bits per heavy atom. The van der Waals surface area contributed by atoms with Gasteiger partial charge in [-0.3, -0.25) is 9.59 Å². The van der Waals surface area contributed by atoms with Crippen molar-refractivity contribution in [3.63, 3.8) is 0 Å². The van der Waals surface area contributed by atoms with Gasteiger partial charge in [0.05, 0.1) is 6.61 Å². The molecule has 0 rings (SSSR count). The average Bonchev–Trinajstić information content (AvgIpc) is 3.17. The molecule has 318 valence electrons. The van der Waals surface area contributed by atoms with Crippen molar-refractivity contribution in [2.45, 2.75) is 258 Å². The Kier molecular flexibility index (Phi) is 44.4. The molecule has 0 radical (unpaired) electrons. The van der Waals surface area contributed by atoms with Crippen LogP contribution in [0.25, 0.3) is 0 Å². The number of esters is 2. The summed E-state index contributed by atoms with van der Waals surface area (Å²) in [6.07, 6.45) is 51.9. The zero-order chi connectivity index (χ0) is 39.3. The second-order valence-corrected chi connectivity index (χ2v) is 16.0. The number of hydrogen-bond donors (Lipinski definition) is 0. The minimum absolute atomic E-state index is 0.0905. The zero-order valence-corrected chi connectivity index (χ0v) is 36.5. The number of allylic oxidation sites excluding steroid dienone is 4. The number of carbonyl (C=O) groups is 2. The molecule has 0 aromatic heterocycles. The Hall–Kier alpha value is -1.62. The maximum atomic E-state index is 12.6. The molecule has 0 aliphatic rings. The van der Waals surface area contributed by atoms with Crippen LogP contribution in [-0.2, 0) is 23.8 Å². The molecule has 1 unspecified atom stereocenters. The molecule has 54 heavy (non-hydrogen) atoms. The van der Waals surface area contributed by atoms with E-state index in [0.717, 1.165) is 44.9 Å². The molecule has 0 spiro atoms. The van der Waals surface area contributed by atoms with E-state index in [2.05, 4.69) is 45.1 Å². The molecule has 1 atom stereocenters. The van der Waals surface area contributed by atoms with Gasteiger partial charge in [-0.1, -0.05) is 212 Å². The molecular weight excluding hydrogens is 669 g/mol. The first-order chi connectivity index (χ1) is 26.6. The summed E-state index contributed by atoms with van der Waals surface area (Å²) in [5.74, 6) is -0.393. The molecule has 0 aliphatic heterocycles. The topological polar surface area (TPSA) is 61.8 Å². The largest absolute Gasteiger partial charge is 0.462 e. The lowest BCUT2D eigenvalue weighted by Crippen LogP contribution is -2.30. The van der Waals surface area contributed by atoms with Crippen LogP contribution in [0.3, 0.4) is 0 Å². The standard InChI is InChI=1S/C49H92O5/c1-4-7-10-13-16-18-20-21-22-23-24-25-26-27-28-30-32-35-38-41-44-52-45-47(54-49(51)43-40-37-33-15-12-9-6-3)46-53-48(50)42-39-36-34-31-29-19-17-14-11-8-5-2/h16,18,21-22,47H,4-15,17,19-20,23-46H2,1-3H3/b18-16-,22-21-. The van der Waals surface area contributed by atoms with Gasteiger partial charge in [-0.25, -0.2) is 0 Å². The Labute approximate surface area is 337 Å². The SMILES string of the molecule is CCCCC/C=C\C/C=C\CCCCCCCCCCCCOCC(COC(=O)CCCCCCCCCCCCC)OC(=O)CCCCCCCCC. The predicted molar refractivity (Wildman–Crippen MR) is 233 cm³/mol. The van der Waals surface area contributed by atoms with Crippen molar-refractivity contribution in [3.8, 4) is 0 Å².